The fourth-order valence-corrected chi connectivity index (χ4v) is 6.18. The van der Waals surface area contributed by atoms with Gasteiger partial charge in [0.05, 0.1) is 17.9 Å². The number of nitrogen functional groups attached to an aromatic ring is 1. The summed E-state index contributed by atoms with van der Waals surface area (Å²) in [5, 5.41) is 9.00. The lowest BCUT2D eigenvalue weighted by atomic mass is 9.97. The minimum absolute atomic E-state index is 0. The van der Waals surface area contributed by atoms with Gasteiger partial charge in [0.15, 0.2) is 10.8 Å². The van der Waals surface area contributed by atoms with Gasteiger partial charge in [0.2, 0.25) is 9.84 Å². The van der Waals surface area contributed by atoms with Crippen molar-refractivity contribution in [2.24, 2.45) is 11.8 Å². The molecule has 0 radical (unpaired) electrons. The fourth-order valence-electron chi connectivity index (χ4n) is 5.01. The van der Waals surface area contributed by atoms with Crippen LogP contribution in [0.3, 0.4) is 0 Å². The van der Waals surface area contributed by atoms with Gasteiger partial charge < -0.3 is 20.5 Å². The average molecular weight is 577 g/mol. The smallest absolute Gasteiger partial charge is 0.203 e. The minimum Gasteiger partial charge on any atom is -0.493 e. The molecule has 9 nitrogen and oxygen atoms in total. The summed E-state index contributed by atoms with van der Waals surface area (Å²) in [5.41, 5.74) is 6.30. The highest BCUT2D eigenvalue weighted by atomic mass is 32.2. The first-order chi connectivity index (χ1) is 18.8. The standard InChI is InChI=1S/C29H35FN4O5S.3H2/c1-18-13-29(3,4)34(14-18)28-23(25(36)17-40(37,38)27-7-5-6-26(31)33-27)8-9-24(32-28)20-10-21(30)12-22(11-20)39-16-19(2)15-35;;;/h5-12,18-19,35H,13-17H2,1-4H3,(H2,31,33);3*1H/t18-,19?;;;/m0.../s1. The Morgan fingerprint density at radius 1 is 1.25 bits per heavy atom. The van der Waals surface area contributed by atoms with Crippen molar-refractivity contribution in [2.45, 2.75) is 44.7 Å². The highest BCUT2D eigenvalue weighted by Gasteiger charge is 2.39. The van der Waals surface area contributed by atoms with E-state index in [1.165, 1.54) is 30.3 Å². The second-order valence-electron chi connectivity index (χ2n) is 11.2. The Labute approximate surface area is 238 Å². The van der Waals surface area contributed by atoms with E-state index in [4.69, 9.17) is 15.5 Å². The lowest BCUT2D eigenvalue weighted by molar-refractivity contribution is 0.102. The van der Waals surface area contributed by atoms with Gasteiger partial charge in [0.1, 0.15) is 29.0 Å². The summed E-state index contributed by atoms with van der Waals surface area (Å²) in [6.45, 7) is 8.77. The van der Waals surface area contributed by atoms with Gasteiger partial charge in [0, 0.05) is 40.5 Å². The first kappa shape index (κ1) is 29.4. The monoisotopic (exact) mass is 576 g/mol. The number of carbonyl (C=O) groups is 1. The van der Waals surface area contributed by atoms with Crippen LogP contribution in [0.25, 0.3) is 11.3 Å². The van der Waals surface area contributed by atoms with Crippen molar-refractivity contribution in [2.75, 3.05) is 36.1 Å². The number of anilines is 2. The largest absolute Gasteiger partial charge is 0.493 e. The number of benzene rings is 1. The topological polar surface area (TPSA) is 136 Å². The molecule has 3 aromatic rings. The summed E-state index contributed by atoms with van der Waals surface area (Å²) in [7, 11) is -4.07. The van der Waals surface area contributed by atoms with Crippen molar-refractivity contribution >= 4 is 27.3 Å². The van der Waals surface area contributed by atoms with Gasteiger partial charge >= 0.3 is 0 Å². The van der Waals surface area contributed by atoms with Crippen LogP contribution in [0, 0.1) is 17.7 Å². The molecule has 40 heavy (non-hydrogen) atoms. The summed E-state index contributed by atoms with van der Waals surface area (Å²) in [6, 6.07) is 11.6. The summed E-state index contributed by atoms with van der Waals surface area (Å²) < 4.78 is 46.3. The molecule has 1 fully saturated rings. The highest BCUT2D eigenvalue weighted by Crippen LogP contribution is 2.39. The summed E-state index contributed by atoms with van der Waals surface area (Å²) in [4.78, 5) is 24.2. The number of Topliss-reactive ketones (excluding diaryl/α,β-unsaturated/α-hetero) is 1. The number of pyridine rings is 2. The van der Waals surface area contributed by atoms with Gasteiger partial charge in [-0.2, -0.15) is 0 Å². The number of halogens is 1. The zero-order chi connectivity index (χ0) is 29.2. The first-order valence-electron chi connectivity index (χ1n) is 13.1. The predicted octanol–water partition coefficient (Wildman–Crippen LogP) is 4.89. The predicted molar refractivity (Wildman–Crippen MR) is 158 cm³/mol. The van der Waals surface area contributed by atoms with Gasteiger partial charge in [0.25, 0.3) is 0 Å². The summed E-state index contributed by atoms with van der Waals surface area (Å²) >= 11 is 0. The van der Waals surface area contributed by atoms with E-state index < -0.39 is 27.2 Å². The van der Waals surface area contributed by atoms with Gasteiger partial charge in [-0.05, 0) is 62.6 Å². The number of ether oxygens (including phenoxy) is 1. The molecule has 220 valence electrons. The third kappa shape index (κ3) is 6.59. The van der Waals surface area contributed by atoms with Crippen molar-refractivity contribution in [1.29, 1.82) is 0 Å². The lowest BCUT2D eigenvalue weighted by Crippen LogP contribution is -2.40. The van der Waals surface area contributed by atoms with Crippen LogP contribution in [0.5, 0.6) is 5.75 Å². The molecular formula is C29H41FN4O5S. The molecule has 1 aromatic carbocycles. The van der Waals surface area contributed by atoms with Crippen LogP contribution in [0.2, 0.25) is 0 Å². The van der Waals surface area contributed by atoms with Crippen LogP contribution in [0.1, 0.15) is 48.8 Å². The number of aliphatic hydroxyl groups excluding tert-OH is 1. The number of aromatic nitrogens is 2. The third-order valence-electron chi connectivity index (χ3n) is 6.90. The second-order valence-corrected chi connectivity index (χ2v) is 13.1. The molecule has 3 N–H and O–H groups in total. The molecule has 2 atom stereocenters. The number of hydrogen-bond acceptors (Lipinski definition) is 9. The van der Waals surface area contributed by atoms with Crippen LogP contribution < -0.4 is 15.4 Å². The molecule has 0 spiro atoms. The molecule has 0 amide bonds. The molecule has 3 heterocycles. The van der Waals surface area contributed by atoms with Crippen LogP contribution in [-0.2, 0) is 9.84 Å². The Kier molecular flexibility index (Phi) is 8.46. The molecule has 0 bridgehead atoms. The molecular weight excluding hydrogens is 535 g/mol. The Morgan fingerprint density at radius 3 is 2.65 bits per heavy atom. The van der Waals surface area contributed by atoms with Crippen molar-refractivity contribution in [3.05, 3.63) is 59.9 Å². The molecule has 0 aliphatic carbocycles. The Bertz CT molecular complexity index is 1530. The molecule has 1 saturated heterocycles. The van der Waals surface area contributed by atoms with E-state index in [2.05, 4.69) is 11.9 Å². The Balaban J connectivity index is 0.00000308. The molecule has 4 rings (SSSR count). The quantitative estimate of drug-likeness (QED) is 0.323. The van der Waals surface area contributed by atoms with Crippen LogP contribution in [0.15, 0.2) is 53.6 Å². The minimum atomic E-state index is -4.07. The van der Waals surface area contributed by atoms with Crippen molar-refractivity contribution in [3.63, 3.8) is 0 Å². The Morgan fingerprint density at radius 2 is 2.00 bits per heavy atom. The first-order valence-corrected chi connectivity index (χ1v) is 14.8. The number of nitrogens with two attached hydrogens (primary N) is 1. The molecule has 2 aromatic heterocycles. The van der Waals surface area contributed by atoms with Crippen molar-refractivity contribution in [1.82, 2.24) is 9.97 Å². The summed E-state index contributed by atoms with van der Waals surface area (Å²) in [6.07, 6.45) is 0.846. The maximum atomic E-state index is 14.6. The van der Waals surface area contributed by atoms with Crippen LogP contribution in [0.4, 0.5) is 16.0 Å². The molecule has 0 saturated carbocycles. The number of aliphatic hydroxyl groups is 1. The van der Waals surface area contributed by atoms with Gasteiger partial charge in [-0.15, -0.1) is 0 Å². The maximum Gasteiger partial charge on any atom is 0.203 e. The van der Waals surface area contributed by atoms with E-state index in [1.54, 1.807) is 18.2 Å². The number of sulfone groups is 1. The van der Waals surface area contributed by atoms with E-state index in [9.17, 15) is 22.7 Å². The SMILES string of the molecule is CC(CO)COc1cc(F)cc(-c2ccc(C(=O)CS(=O)(=O)c3cccc(N)n3)c(N3C[C@@H](C)CC3(C)C)n2)c1.[HH].[HH].[HH]. The normalized spacial score (nSPS) is 17.6. The number of hydrogen-bond donors (Lipinski definition) is 2. The number of carbonyl (C=O) groups excluding carboxylic acids is 1. The zero-order valence-corrected chi connectivity index (χ0v) is 23.9. The Hall–Kier alpha value is -3.57. The average Bonchev–Trinajstić information content (AvgIpc) is 3.17. The molecule has 11 heteroatoms. The van der Waals surface area contributed by atoms with E-state index in [-0.39, 0.29) is 51.1 Å². The van der Waals surface area contributed by atoms with E-state index in [1.807, 2.05) is 25.7 Å². The third-order valence-corrected chi connectivity index (χ3v) is 8.41. The van der Waals surface area contributed by atoms with Gasteiger partial charge in [-0.25, -0.2) is 22.8 Å². The van der Waals surface area contributed by atoms with Crippen LogP contribution >= 0.6 is 0 Å². The fraction of sp³-hybridized carbons (Fsp3) is 0.414. The van der Waals surface area contributed by atoms with E-state index in [0.717, 1.165) is 6.42 Å². The lowest BCUT2D eigenvalue weighted by Gasteiger charge is -2.34. The van der Waals surface area contributed by atoms with Crippen molar-refractivity contribution in [3.8, 4) is 17.0 Å². The van der Waals surface area contributed by atoms with Crippen LogP contribution in [-0.4, -0.2) is 60.3 Å². The number of ketones is 1. The zero-order valence-electron chi connectivity index (χ0n) is 23.1. The summed E-state index contributed by atoms with van der Waals surface area (Å²) in [5.74, 6) is -1.10. The van der Waals surface area contributed by atoms with Crippen molar-refractivity contribution < 1.29 is 31.7 Å². The van der Waals surface area contributed by atoms with E-state index >= 15 is 0 Å². The molecule has 1 unspecified atom stereocenters. The second kappa shape index (κ2) is 11.5. The molecule has 1 aliphatic rings. The number of nitrogens with zero attached hydrogens (tertiary/aromatic N) is 3. The van der Waals surface area contributed by atoms with E-state index in [0.29, 0.717) is 29.5 Å². The highest BCUT2D eigenvalue weighted by molar-refractivity contribution is 7.92. The van der Waals surface area contributed by atoms with Gasteiger partial charge in [-0.3, -0.25) is 4.79 Å². The number of rotatable bonds is 10. The van der Waals surface area contributed by atoms with Gasteiger partial charge in [-0.1, -0.05) is 19.9 Å². The maximum absolute atomic E-state index is 14.6. The molecule has 1 aliphatic heterocycles.